The Bertz CT molecular complexity index is 721. The minimum atomic E-state index is 0.105. The van der Waals surface area contributed by atoms with Gasteiger partial charge in [-0.2, -0.15) is 0 Å². The minimum absolute atomic E-state index is 0.105. The van der Waals surface area contributed by atoms with Gasteiger partial charge in [0.1, 0.15) is 0 Å². The second kappa shape index (κ2) is 10.3. The van der Waals surface area contributed by atoms with Gasteiger partial charge in [-0.25, -0.2) is 0 Å². The lowest BCUT2D eigenvalue weighted by Crippen LogP contribution is -2.46. The Morgan fingerprint density at radius 2 is 1.54 bits per heavy atom. The molecule has 1 fully saturated rings. The highest BCUT2D eigenvalue weighted by Gasteiger charge is 2.16. The highest BCUT2D eigenvalue weighted by Crippen LogP contribution is 2.16. The molecule has 1 aliphatic heterocycles. The molecule has 0 atom stereocenters. The highest BCUT2D eigenvalue weighted by molar-refractivity contribution is 5.72. The molecule has 4 heteroatoms. The maximum atomic E-state index is 11.3. The summed E-state index contributed by atoms with van der Waals surface area (Å²) in [5.74, 6) is 0.105. The summed E-state index contributed by atoms with van der Waals surface area (Å²) in [6, 6.07) is 19.5. The Morgan fingerprint density at radius 3 is 2.18 bits per heavy atom. The van der Waals surface area contributed by atoms with Crippen molar-refractivity contribution in [2.45, 2.75) is 32.7 Å². The van der Waals surface area contributed by atoms with Gasteiger partial charge in [-0.1, -0.05) is 42.5 Å². The summed E-state index contributed by atoms with van der Waals surface area (Å²) in [7, 11) is 1.84. The molecule has 2 aromatic rings. The van der Waals surface area contributed by atoms with Gasteiger partial charge in [0.15, 0.2) is 0 Å². The average molecular weight is 380 g/mol. The quantitative estimate of drug-likeness (QED) is 0.653. The predicted octanol–water partition coefficient (Wildman–Crippen LogP) is 3.81. The van der Waals surface area contributed by atoms with Crippen LogP contribution in [0.15, 0.2) is 54.6 Å². The molecule has 0 N–H and O–H groups in total. The molecule has 1 amide bonds. The number of piperazine rings is 1. The molecule has 1 saturated heterocycles. The largest absolute Gasteiger partial charge is 0.369 e. The van der Waals surface area contributed by atoms with E-state index in [2.05, 4.69) is 64.4 Å². The normalized spacial score (nSPS) is 14.9. The van der Waals surface area contributed by atoms with Crippen molar-refractivity contribution in [3.63, 3.8) is 0 Å². The van der Waals surface area contributed by atoms with E-state index in [4.69, 9.17) is 0 Å². The number of hydrogen-bond donors (Lipinski definition) is 0. The number of carbonyl (C=O) groups excluding carboxylic acids is 1. The fourth-order valence-electron chi connectivity index (χ4n) is 3.73. The van der Waals surface area contributed by atoms with Crippen LogP contribution in [-0.2, 0) is 17.8 Å². The van der Waals surface area contributed by atoms with E-state index < -0.39 is 0 Å². The average Bonchev–Trinajstić information content (AvgIpc) is 2.73. The molecule has 1 heterocycles. The number of anilines is 1. The third-order valence-corrected chi connectivity index (χ3v) is 5.66. The summed E-state index contributed by atoms with van der Waals surface area (Å²) in [5, 5.41) is 0. The predicted molar refractivity (Wildman–Crippen MR) is 117 cm³/mol. The zero-order chi connectivity index (χ0) is 19.8. The van der Waals surface area contributed by atoms with Gasteiger partial charge in [-0.05, 0) is 49.1 Å². The zero-order valence-corrected chi connectivity index (χ0v) is 17.3. The Hall–Kier alpha value is -2.33. The SMILES string of the molecule is CC(=O)N(C)Cc1ccc(CCCCN2CCN(c3ccccc3)CC2)cc1. The van der Waals surface area contributed by atoms with Crippen LogP contribution < -0.4 is 4.90 Å². The van der Waals surface area contributed by atoms with Crippen molar-refractivity contribution in [1.29, 1.82) is 0 Å². The van der Waals surface area contributed by atoms with E-state index in [0.717, 1.165) is 32.6 Å². The first kappa shape index (κ1) is 20.4. The maximum Gasteiger partial charge on any atom is 0.219 e. The van der Waals surface area contributed by atoms with Crippen LogP contribution in [-0.4, -0.2) is 55.5 Å². The number of amides is 1. The van der Waals surface area contributed by atoms with Crippen LogP contribution in [0.4, 0.5) is 5.69 Å². The number of rotatable bonds is 8. The number of benzene rings is 2. The number of hydrogen-bond acceptors (Lipinski definition) is 3. The lowest BCUT2D eigenvalue weighted by Gasteiger charge is -2.36. The van der Waals surface area contributed by atoms with Gasteiger partial charge in [0.05, 0.1) is 0 Å². The molecule has 3 rings (SSSR count). The van der Waals surface area contributed by atoms with Crippen molar-refractivity contribution in [3.8, 4) is 0 Å². The van der Waals surface area contributed by atoms with Crippen LogP contribution in [0, 0.1) is 0 Å². The van der Waals surface area contributed by atoms with Gasteiger partial charge < -0.3 is 9.80 Å². The smallest absolute Gasteiger partial charge is 0.219 e. The minimum Gasteiger partial charge on any atom is -0.369 e. The second-order valence-electron chi connectivity index (χ2n) is 7.81. The van der Waals surface area contributed by atoms with Gasteiger partial charge in [-0.15, -0.1) is 0 Å². The topological polar surface area (TPSA) is 26.8 Å². The molecule has 0 saturated carbocycles. The molecule has 0 aliphatic carbocycles. The van der Waals surface area contributed by atoms with Gasteiger partial charge in [0.25, 0.3) is 0 Å². The summed E-state index contributed by atoms with van der Waals surface area (Å²) in [4.78, 5) is 18.2. The van der Waals surface area contributed by atoms with Crippen molar-refractivity contribution in [2.24, 2.45) is 0 Å². The molecule has 0 unspecified atom stereocenters. The van der Waals surface area contributed by atoms with E-state index in [1.807, 2.05) is 7.05 Å². The summed E-state index contributed by atoms with van der Waals surface area (Å²) in [5.41, 5.74) is 3.93. The lowest BCUT2D eigenvalue weighted by atomic mass is 10.1. The van der Waals surface area contributed by atoms with E-state index in [-0.39, 0.29) is 5.91 Å². The molecule has 0 radical (unpaired) electrons. The number of para-hydroxylation sites is 1. The van der Waals surface area contributed by atoms with E-state index in [1.54, 1.807) is 11.8 Å². The van der Waals surface area contributed by atoms with Crippen molar-refractivity contribution < 1.29 is 4.79 Å². The van der Waals surface area contributed by atoms with Crippen LogP contribution >= 0.6 is 0 Å². The van der Waals surface area contributed by atoms with Crippen LogP contribution in [0.1, 0.15) is 30.9 Å². The molecule has 2 aromatic carbocycles. The van der Waals surface area contributed by atoms with E-state index >= 15 is 0 Å². The first-order valence-corrected chi connectivity index (χ1v) is 10.4. The Kier molecular flexibility index (Phi) is 7.49. The van der Waals surface area contributed by atoms with E-state index in [1.165, 1.54) is 36.2 Å². The second-order valence-corrected chi connectivity index (χ2v) is 7.81. The first-order chi connectivity index (χ1) is 13.6. The fraction of sp³-hybridized carbons (Fsp3) is 0.458. The Balaban J connectivity index is 1.32. The number of aryl methyl sites for hydroxylation is 1. The number of unbranched alkanes of at least 4 members (excludes halogenated alkanes) is 1. The molecule has 0 aromatic heterocycles. The van der Waals surface area contributed by atoms with Gasteiger partial charge in [0, 0.05) is 52.4 Å². The van der Waals surface area contributed by atoms with Gasteiger partial charge in [-0.3, -0.25) is 9.69 Å². The van der Waals surface area contributed by atoms with E-state index in [0.29, 0.717) is 6.54 Å². The molecule has 4 nitrogen and oxygen atoms in total. The molecule has 0 bridgehead atoms. The standard InChI is InChI=1S/C24H33N3O/c1-21(28)25(2)20-23-13-11-22(12-14-23)8-6-7-15-26-16-18-27(19-17-26)24-9-4-3-5-10-24/h3-5,9-14H,6-8,15-20H2,1-2H3. The van der Waals surface area contributed by atoms with E-state index in [9.17, 15) is 4.79 Å². The maximum absolute atomic E-state index is 11.3. The Morgan fingerprint density at radius 1 is 0.893 bits per heavy atom. The van der Waals surface area contributed by atoms with Crippen molar-refractivity contribution >= 4 is 11.6 Å². The third-order valence-electron chi connectivity index (χ3n) is 5.66. The monoisotopic (exact) mass is 379 g/mol. The van der Waals surface area contributed by atoms with Gasteiger partial charge in [0.2, 0.25) is 5.91 Å². The first-order valence-electron chi connectivity index (χ1n) is 10.4. The molecule has 1 aliphatic rings. The molecule has 0 spiro atoms. The fourth-order valence-corrected chi connectivity index (χ4v) is 3.73. The third kappa shape index (κ3) is 6.10. The summed E-state index contributed by atoms with van der Waals surface area (Å²) < 4.78 is 0. The lowest BCUT2D eigenvalue weighted by molar-refractivity contribution is -0.128. The van der Waals surface area contributed by atoms with Crippen molar-refractivity contribution in [1.82, 2.24) is 9.80 Å². The van der Waals surface area contributed by atoms with Crippen molar-refractivity contribution in [2.75, 3.05) is 44.7 Å². The molecule has 150 valence electrons. The van der Waals surface area contributed by atoms with Crippen LogP contribution in [0.2, 0.25) is 0 Å². The van der Waals surface area contributed by atoms with Crippen molar-refractivity contribution in [3.05, 3.63) is 65.7 Å². The van der Waals surface area contributed by atoms with Crippen LogP contribution in [0.3, 0.4) is 0 Å². The van der Waals surface area contributed by atoms with Crippen LogP contribution in [0.25, 0.3) is 0 Å². The molecular weight excluding hydrogens is 346 g/mol. The zero-order valence-electron chi connectivity index (χ0n) is 17.3. The van der Waals surface area contributed by atoms with Gasteiger partial charge >= 0.3 is 0 Å². The Labute approximate surface area is 169 Å². The highest BCUT2D eigenvalue weighted by atomic mass is 16.2. The summed E-state index contributed by atoms with van der Waals surface area (Å²) in [6.07, 6.45) is 3.61. The summed E-state index contributed by atoms with van der Waals surface area (Å²) in [6.45, 7) is 8.06. The molecule has 28 heavy (non-hydrogen) atoms. The molecular formula is C24H33N3O. The number of carbonyl (C=O) groups is 1. The van der Waals surface area contributed by atoms with Crippen LogP contribution in [0.5, 0.6) is 0 Å². The number of nitrogens with zero attached hydrogens (tertiary/aromatic N) is 3. The summed E-state index contributed by atoms with van der Waals surface area (Å²) >= 11 is 0.